The molecule has 0 saturated carbocycles. The lowest BCUT2D eigenvalue weighted by molar-refractivity contribution is 1.26. The molecule has 3 heteroatoms. The maximum absolute atomic E-state index is 5.82. The van der Waals surface area contributed by atoms with Gasteiger partial charge in [-0.3, -0.25) is 0 Å². The van der Waals surface area contributed by atoms with Gasteiger partial charge in [0.2, 0.25) is 0 Å². The molecule has 1 rings (SSSR count). The first-order chi connectivity index (χ1) is 5.74. The second kappa shape index (κ2) is 5.05. The first-order valence-electron chi connectivity index (χ1n) is 3.72. The first kappa shape index (κ1) is 10.3. The summed E-state index contributed by atoms with van der Waals surface area (Å²) in [5.74, 6) is 0. The molecule has 0 amide bonds. The van der Waals surface area contributed by atoms with Crippen LogP contribution in [0.5, 0.6) is 0 Å². The van der Waals surface area contributed by atoms with E-state index in [-0.39, 0.29) is 0 Å². The van der Waals surface area contributed by atoms with Crippen LogP contribution in [0.25, 0.3) is 5.57 Å². The summed E-state index contributed by atoms with van der Waals surface area (Å²) >= 11 is 10.8. The van der Waals surface area contributed by atoms with Crippen LogP contribution in [0.4, 0.5) is 0 Å². The Morgan fingerprint density at radius 1 is 1.67 bits per heavy atom. The van der Waals surface area contributed by atoms with Crippen LogP contribution in [0, 0.1) is 0 Å². The van der Waals surface area contributed by atoms with Gasteiger partial charge in [-0.05, 0) is 31.1 Å². The van der Waals surface area contributed by atoms with Crippen molar-refractivity contribution in [3.05, 3.63) is 27.4 Å². The van der Waals surface area contributed by atoms with E-state index in [1.165, 1.54) is 10.5 Å². The minimum atomic E-state index is 0.858. The van der Waals surface area contributed by atoms with Gasteiger partial charge < -0.3 is 0 Å². The first-order valence-corrected chi connectivity index (χ1v) is 6.04. The Balaban J connectivity index is 2.70. The van der Waals surface area contributed by atoms with Crippen LogP contribution in [-0.2, 0) is 0 Å². The van der Waals surface area contributed by atoms with Gasteiger partial charge in [-0.15, -0.1) is 11.3 Å². The molecule has 1 aromatic rings. The van der Waals surface area contributed by atoms with E-state index >= 15 is 0 Å². The molecule has 0 aliphatic rings. The van der Waals surface area contributed by atoms with Crippen molar-refractivity contribution in [2.75, 3.05) is 5.33 Å². The van der Waals surface area contributed by atoms with Gasteiger partial charge in [-0.25, -0.2) is 0 Å². The highest BCUT2D eigenvalue weighted by Gasteiger charge is 1.98. The highest BCUT2D eigenvalue weighted by Crippen LogP contribution is 2.27. The monoisotopic (exact) mass is 264 g/mol. The quantitative estimate of drug-likeness (QED) is 0.701. The zero-order chi connectivity index (χ0) is 8.97. The molecule has 12 heavy (non-hydrogen) atoms. The highest BCUT2D eigenvalue weighted by molar-refractivity contribution is 9.09. The van der Waals surface area contributed by atoms with E-state index < -0.39 is 0 Å². The van der Waals surface area contributed by atoms with Gasteiger partial charge in [-0.2, -0.15) is 0 Å². The zero-order valence-corrected chi connectivity index (χ0v) is 9.97. The maximum Gasteiger partial charge on any atom is 0.0934 e. The summed E-state index contributed by atoms with van der Waals surface area (Å²) in [5, 5.41) is 1.02. The summed E-state index contributed by atoms with van der Waals surface area (Å²) in [6.07, 6.45) is 3.29. The van der Waals surface area contributed by atoms with Gasteiger partial charge in [0.05, 0.1) is 4.34 Å². The Morgan fingerprint density at radius 3 is 2.92 bits per heavy atom. The number of hydrogen-bond acceptors (Lipinski definition) is 1. The predicted octanol–water partition coefficient (Wildman–Crippen LogP) is 4.59. The minimum absolute atomic E-state index is 0.858. The smallest absolute Gasteiger partial charge is 0.0934 e. The molecule has 0 aromatic carbocycles. The van der Waals surface area contributed by atoms with Crippen molar-refractivity contribution >= 4 is 44.4 Å². The summed E-state index contributed by atoms with van der Waals surface area (Å²) in [5.41, 5.74) is 1.31. The molecule has 0 radical (unpaired) electrons. The van der Waals surface area contributed by atoms with E-state index in [9.17, 15) is 0 Å². The molecule has 1 aromatic heterocycles. The van der Waals surface area contributed by atoms with Gasteiger partial charge in [0.25, 0.3) is 0 Å². The molecule has 0 fully saturated rings. The lowest BCUT2D eigenvalue weighted by Gasteiger charge is -1.94. The molecule has 0 N–H and O–H groups in total. The summed E-state index contributed by atoms with van der Waals surface area (Å²) < 4.78 is 0.858. The lowest BCUT2D eigenvalue weighted by Crippen LogP contribution is -1.73. The van der Waals surface area contributed by atoms with Gasteiger partial charge in [0.1, 0.15) is 0 Å². The molecule has 66 valence electrons. The van der Waals surface area contributed by atoms with Crippen LogP contribution >= 0.6 is 38.9 Å². The lowest BCUT2D eigenvalue weighted by atomic mass is 10.2. The largest absolute Gasteiger partial charge is 0.124 e. The van der Waals surface area contributed by atoms with Crippen LogP contribution in [-0.4, -0.2) is 5.33 Å². The average molecular weight is 266 g/mol. The fourth-order valence-corrected chi connectivity index (χ4v) is 2.17. The molecule has 0 bridgehead atoms. The van der Waals surface area contributed by atoms with E-state index in [0.717, 1.165) is 16.1 Å². The third kappa shape index (κ3) is 2.92. The molecule has 0 nitrogen and oxygen atoms in total. The number of halogens is 2. The zero-order valence-electron chi connectivity index (χ0n) is 6.81. The SMILES string of the molecule is C/C(=C\CCBr)c1ccc(Cl)s1. The molecular formula is C9H10BrClS. The van der Waals surface area contributed by atoms with Crippen LogP contribution in [0.2, 0.25) is 4.34 Å². The fraction of sp³-hybridized carbons (Fsp3) is 0.333. The van der Waals surface area contributed by atoms with E-state index in [0.29, 0.717) is 0 Å². The second-order valence-electron chi connectivity index (χ2n) is 2.47. The number of thiophene rings is 1. The normalized spacial score (nSPS) is 12.1. The highest BCUT2D eigenvalue weighted by atomic mass is 79.9. The van der Waals surface area contributed by atoms with Gasteiger partial charge in [0, 0.05) is 10.2 Å². The van der Waals surface area contributed by atoms with E-state index in [1.807, 2.05) is 6.07 Å². The summed E-state index contributed by atoms with van der Waals surface area (Å²) in [6, 6.07) is 4.00. The summed E-state index contributed by atoms with van der Waals surface area (Å²) in [7, 11) is 0. The number of allylic oxidation sites excluding steroid dienone is 2. The predicted molar refractivity (Wildman–Crippen MR) is 61.4 cm³/mol. The van der Waals surface area contributed by atoms with Crippen molar-refractivity contribution in [1.29, 1.82) is 0 Å². The van der Waals surface area contributed by atoms with Crippen molar-refractivity contribution in [3.8, 4) is 0 Å². The van der Waals surface area contributed by atoms with Gasteiger partial charge in [-0.1, -0.05) is 33.6 Å². The van der Waals surface area contributed by atoms with Crippen molar-refractivity contribution in [1.82, 2.24) is 0 Å². The fourth-order valence-electron chi connectivity index (χ4n) is 0.898. The van der Waals surface area contributed by atoms with E-state index in [4.69, 9.17) is 11.6 Å². The molecule has 0 spiro atoms. The Morgan fingerprint density at radius 2 is 2.42 bits per heavy atom. The molecule has 0 aliphatic heterocycles. The standard InChI is InChI=1S/C9H10BrClS/c1-7(3-2-6-10)8-4-5-9(11)12-8/h3-5H,2,6H2,1H3/b7-3+. The Labute approximate surface area is 90.4 Å². The molecule has 0 atom stereocenters. The molecule has 1 heterocycles. The van der Waals surface area contributed by atoms with E-state index in [2.05, 4.69) is 35.0 Å². The Hall–Kier alpha value is 0.210. The van der Waals surface area contributed by atoms with Crippen molar-refractivity contribution in [2.24, 2.45) is 0 Å². The van der Waals surface area contributed by atoms with Gasteiger partial charge in [0.15, 0.2) is 0 Å². The topological polar surface area (TPSA) is 0 Å². The maximum atomic E-state index is 5.82. The van der Waals surface area contributed by atoms with Crippen molar-refractivity contribution in [3.63, 3.8) is 0 Å². The summed E-state index contributed by atoms with van der Waals surface area (Å²) in [6.45, 7) is 2.12. The summed E-state index contributed by atoms with van der Waals surface area (Å²) in [4.78, 5) is 1.26. The van der Waals surface area contributed by atoms with Crippen LogP contribution in [0.15, 0.2) is 18.2 Å². The van der Waals surface area contributed by atoms with Crippen LogP contribution in [0.1, 0.15) is 18.2 Å². The van der Waals surface area contributed by atoms with E-state index in [1.54, 1.807) is 11.3 Å². The van der Waals surface area contributed by atoms with Crippen molar-refractivity contribution < 1.29 is 0 Å². The number of rotatable bonds is 3. The van der Waals surface area contributed by atoms with Gasteiger partial charge >= 0.3 is 0 Å². The third-order valence-corrected chi connectivity index (χ3v) is 3.35. The molecule has 0 aliphatic carbocycles. The van der Waals surface area contributed by atoms with Crippen molar-refractivity contribution in [2.45, 2.75) is 13.3 Å². The van der Waals surface area contributed by atoms with Crippen LogP contribution < -0.4 is 0 Å². The molecular weight excluding hydrogens is 256 g/mol. The molecule has 0 saturated heterocycles. The molecule has 0 unspecified atom stereocenters. The Bertz CT molecular complexity index is 278. The number of hydrogen-bond donors (Lipinski definition) is 0. The minimum Gasteiger partial charge on any atom is -0.124 e. The second-order valence-corrected chi connectivity index (χ2v) is 4.98. The number of alkyl halides is 1. The average Bonchev–Trinajstić information content (AvgIpc) is 2.47. The third-order valence-electron chi connectivity index (χ3n) is 1.52. The Kier molecular flexibility index (Phi) is 4.33. The van der Waals surface area contributed by atoms with Crippen LogP contribution in [0.3, 0.4) is 0 Å².